The summed E-state index contributed by atoms with van der Waals surface area (Å²) in [7, 11) is -2.28. The standard InChI is InChI=1S/C36H49ClN2O7S/c1-25-7-6-9-34(45-20-19-44-18-17-43-3)32-14-11-29(32)23-39-16-5-4-8-27-21-31(37)13-10-30(27)24-46-35-15-12-28(22-33(35)39)36(40)38-47(41,42)26(25)2/h6,9-10,12-13,15,21-22,25-26,29,32,34H,4-5,7-8,11,14,16-20,23-24H2,1-3H3,(H,38,40)/b9-6+/t25-,26+,29-,32+,34-/m0/s1. The van der Waals surface area contributed by atoms with E-state index < -0.39 is 21.2 Å². The number of carbonyl (C=O) groups excluding carboxylic acids is 1. The van der Waals surface area contributed by atoms with Crippen molar-refractivity contribution in [2.75, 3.05) is 51.5 Å². The zero-order valence-electron chi connectivity index (χ0n) is 27.8. The number of sulfonamides is 1. The van der Waals surface area contributed by atoms with Gasteiger partial charge in [-0.2, -0.15) is 0 Å². The molecule has 0 aromatic heterocycles. The molecule has 2 bridgehead atoms. The highest BCUT2D eigenvalue weighted by Crippen LogP contribution is 2.42. The van der Waals surface area contributed by atoms with Crippen LogP contribution in [0.3, 0.4) is 0 Å². The molecule has 1 saturated carbocycles. The van der Waals surface area contributed by atoms with Gasteiger partial charge in [-0.1, -0.05) is 36.7 Å². The van der Waals surface area contributed by atoms with E-state index >= 15 is 0 Å². The van der Waals surface area contributed by atoms with Crippen LogP contribution in [0.15, 0.2) is 48.6 Å². The molecular weight excluding hydrogens is 640 g/mol. The highest BCUT2D eigenvalue weighted by molar-refractivity contribution is 7.90. The summed E-state index contributed by atoms with van der Waals surface area (Å²) < 4.78 is 52.7. The fourth-order valence-electron chi connectivity index (χ4n) is 6.63. The van der Waals surface area contributed by atoms with Crippen LogP contribution >= 0.6 is 11.6 Å². The smallest absolute Gasteiger partial charge is 0.264 e. The number of hydrogen-bond acceptors (Lipinski definition) is 8. The van der Waals surface area contributed by atoms with E-state index in [1.807, 2.05) is 31.2 Å². The highest BCUT2D eigenvalue weighted by atomic mass is 35.5. The topological polar surface area (TPSA) is 103 Å². The number of ether oxygens (including phenoxy) is 4. The molecular formula is C36H49ClN2O7S. The lowest BCUT2D eigenvalue weighted by Crippen LogP contribution is -2.44. The van der Waals surface area contributed by atoms with Crippen molar-refractivity contribution in [3.63, 3.8) is 0 Å². The van der Waals surface area contributed by atoms with Gasteiger partial charge < -0.3 is 23.8 Å². The van der Waals surface area contributed by atoms with Gasteiger partial charge >= 0.3 is 0 Å². The van der Waals surface area contributed by atoms with Gasteiger partial charge in [0.1, 0.15) is 12.4 Å². The Morgan fingerprint density at radius 1 is 1.02 bits per heavy atom. The first-order valence-electron chi connectivity index (χ1n) is 16.9. The molecule has 0 saturated heterocycles. The molecule has 0 spiro atoms. The molecule has 5 rings (SSSR count). The Bertz CT molecular complexity index is 1500. The largest absolute Gasteiger partial charge is 0.487 e. The molecule has 258 valence electrons. The van der Waals surface area contributed by atoms with E-state index in [2.05, 4.69) is 15.7 Å². The van der Waals surface area contributed by atoms with E-state index in [4.69, 9.17) is 30.5 Å². The van der Waals surface area contributed by atoms with E-state index in [1.54, 1.807) is 32.2 Å². The Morgan fingerprint density at radius 2 is 1.85 bits per heavy atom. The molecule has 3 aliphatic rings. The van der Waals surface area contributed by atoms with Crippen molar-refractivity contribution in [1.29, 1.82) is 0 Å². The lowest BCUT2D eigenvalue weighted by Gasteiger charge is -2.44. The minimum atomic E-state index is -3.93. The first kappa shape index (κ1) is 35.7. The van der Waals surface area contributed by atoms with Crippen molar-refractivity contribution < 1.29 is 32.2 Å². The lowest BCUT2D eigenvalue weighted by molar-refractivity contribution is -0.0409. The minimum absolute atomic E-state index is 0.114. The van der Waals surface area contributed by atoms with Crippen LogP contribution in [0.1, 0.15) is 67.4 Å². The average molecular weight is 689 g/mol. The molecule has 11 heteroatoms. The van der Waals surface area contributed by atoms with Gasteiger partial charge in [-0.05, 0) is 105 Å². The van der Waals surface area contributed by atoms with Crippen molar-refractivity contribution in [3.05, 3.63) is 70.3 Å². The highest BCUT2D eigenvalue weighted by Gasteiger charge is 2.38. The first-order valence-corrected chi connectivity index (χ1v) is 18.8. The second kappa shape index (κ2) is 16.7. The number of fused-ring (bicyclic) bond motifs is 3. The Balaban J connectivity index is 1.47. The molecule has 5 atom stereocenters. The third-order valence-corrected chi connectivity index (χ3v) is 12.1. The molecule has 1 fully saturated rings. The van der Waals surface area contributed by atoms with Crippen LogP contribution in [-0.2, 0) is 37.3 Å². The number of amides is 1. The van der Waals surface area contributed by atoms with Crippen LogP contribution in [0.4, 0.5) is 5.69 Å². The molecule has 2 heterocycles. The number of nitrogens with one attached hydrogen (secondary N) is 1. The van der Waals surface area contributed by atoms with Gasteiger partial charge in [0, 0.05) is 30.8 Å². The van der Waals surface area contributed by atoms with E-state index in [9.17, 15) is 13.2 Å². The number of benzene rings is 2. The number of hydrogen-bond donors (Lipinski definition) is 1. The van der Waals surface area contributed by atoms with Crippen LogP contribution < -0.4 is 14.4 Å². The molecule has 0 unspecified atom stereocenters. The maximum Gasteiger partial charge on any atom is 0.264 e. The number of nitrogens with zero attached hydrogens (tertiary/aromatic N) is 1. The average Bonchev–Trinajstić information content (AvgIpc) is 3.06. The summed E-state index contributed by atoms with van der Waals surface area (Å²) in [4.78, 5) is 15.8. The lowest BCUT2D eigenvalue weighted by atomic mass is 9.70. The van der Waals surface area contributed by atoms with E-state index in [-0.39, 0.29) is 17.6 Å². The van der Waals surface area contributed by atoms with Crippen LogP contribution in [0.25, 0.3) is 0 Å². The van der Waals surface area contributed by atoms with Gasteiger partial charge in [0.15, 0.2) is 0 Å². The van der Waals surface area contributed by atoms with Crippen LogP contribution in [0.2, 0.25) is 5.02 Å². The van der Waals surface area contributed by atoms with Gasteiger partial charge in [-0.25, -0.2) is 13.1 Å². The Hall–Kier alpha value is -2.63. The number of halogens is 1. The van der Waals surface area contributed by atoms with Crippen molar-refractivity contribution in [1.82, 2.24) is 4.72 Å². The second-order valence-electron chi connectivity index (χ2n) is 13.1. The summed E-state index contributed by atoms with van der Waals surface area (Å²) in [5, 5.41) is -0.0647. The van der Waals surface area contributed by atoms with Gasteiger partial charge in [0.05, 0.1) is 43.5 Å². The molecule has 1 N–H and O–H groups in total. The predicted molar refractivity (Wildman–Crippen MR) is 185 cm³/mol. The summed E-state index contributed by atoms with van der Waals surface area (Å²) in [6.45, 7) is 7.44. The SMILES string of the molecule is COCCOCCO[C@H]1/C=C/C[C@H](C)[C@@H](C)S(=O)(=O)NC(=O)c2ccc3c(c2)N(CCCCc2cc(Cl)ccc2CO3)C[C@@H]2CC[C@H]21. The fourth-order valence-corrected chi connectivity index (χ4v) is 8.11. The summed E-state index contributed by atoms with van der Waals surface area (Å²) in [6, 6.07) is 11.2. The predicted octanol–water partition coefficient (Wildman–Crippen LogP) is 6.18. The summed E-state index contributed by atoms with van der Waals surface area (Å²) in [6.07, 6.45) is 9.50. The summed E-state index contributed by atoms with van der Waals surface area (Å²) >= 11 is 6.35. The van der Waals surface area contributed by atoms with Gasteiger partial charge in [-0.3, -0.25) is 4.79 Å². The van der Waals surface area contributed by atoms with Gasteiger partial charge in [0.2, 0.25) is 10.0 Å². The number of carbonyl (C=O) groups is 1. The zero-order chi connectivity index (χ0) is 33.4. The van der Waals surface area contributed by atoms with Crippen molar-refractivity contribution in [2.45, 2.75) is 70.3 Å². The zero-order valence-corrected chi connectivity index (χ0v) is 29.4. The van der Waals surface area contributed by atoms with Crippen molar-refractivity contribution in [2.24, 2.45) is 17.8 Å². The first-order chi connectivity index (χ1) is 22.7. The van der Waals surface area contributed by atoms with Crippen molar-refractivity contribution >= 4 is 33.2 Å². The molecule has 47 heavy (non-hydrogen) atoms. The fraction of sp³-hybridized carbons (Fsp3) is 0.583. The van der Waals surface area contributed by atoms with Gasteiger partial charge in [0.25, 0.3) is 5.91 Å². The molecule has 2 aromatic rings. The third kappa shape index (κ3) is 9.29. The molecule has 0 radical (unpaired) electrons. The normalized spacial score (nSPS) is 27.2. The second-order valence-corrected chi connectivity index (χ2v) is 15.5. The van der Waals surface area contributed by atoms with E-state index in [1.165, 1.54) is 5.56 Å². The van der Waals surface area contributed by atoms with E-state index in [0.717, 1.165) is 56.4 Å². The van der Waals surface area contributed by atoms with E-state index in [0.29, 0.717) is 62.1 Å². The molecule has 9 nitrogen and oxygen atoms in total. The molecule has 1 amide bonds. The molecule has 2 aliphatic heterocycles. The Kier molecular flexibility index (Phi) is 12.6. The number of methoxy groups -OCH3 is 1. The van der Waals surface area contributed by atoms with Gasteiger partial charge in [-0.15, -0.1) is 0 Å². The molecule has 1 aliphatic carbocycles. The number of anilines is 1. The molecule has 2 aromatic carbocycles. The summed E-state index contributed by atoms with van der Waals surface area (Å²) in [5.74, 6) is 0.484. The third-order valence-electron chi connectivity index (χ3n) is 9.92. The maximum atomic E-state index is 13.4. The quantitative estimate of drug-likeness (QED) is 0.272. The minimum Gasteiger partial charge on any atom is -0.487 e. The van der Waals surface area contributed by atoms with Crippen LogP contribution in [0.5, 0.6) is 5.75 Å². The van der Waals surface area contributed by atoms with Crippen LogP contribution in [0, 0.1) is 17.8 Å². The number of allylic oxidation sites excluding steroid dienone is 1. The number of aryl methyl sites for hydroxylation is 1. The van der Waals surface area contributed by atoms with Crippen molar-refractivity contribution in [3.8, 4) is 5.75 Å². The van der Waals surface area contributed by atoms with Crippen LogP contribution in [-0.4, -0.2) is 72.3 Å². The Labute approximate surface area is 285 Å². The Morgan fingerprint density at radius 3 is 2.64 bits per heavy atom. The monoisotopic (exact) mass is 688 g/mol. The summed E-state index contributed by atoms with van der Waals surface area (Å²) in [5.41, 5.74) is 3.34. The maximum absolute atomic E-state index is 13.4. The number of rotatable bonds is 7.